The van der Waals surface area contributed by atoms with Crippen molar-refractivity contribution < 1.29 is 18.0 Å². The van der Waals surface area contributed by atoms with Crippen LogP contribution in [0.1, 0.15) is 16.8 Å². The van der Waals surface area contributed by atoms with Gasteiger partial charge in [0.15, 0.2) is 11.6 Å². The van der Waals surface area contributed by atoms with Crippen molar-refractivity contribution >= 4 is 23.2 Å². The first-order chi connectivity index (χ1) is 17.8. The quantitative estimate of drug-likeness (QED) is 0.243. The number of fused-ring (bicyclic) bond motifs is 1. The maximum Gasteiger partial charge on any atom is 0.416 e. The Bertz CT molecular complexity index is 1670. The summed E-state index contributed by atoms with van der Waals surface area (Å²) >= 11 is 0. The predicted molar refractivity (Wildman–Crippen MR) is 135 cm³/mol. The van der Waals surface area contributed by atoms with Gasteiger partial charge in [-0.2, -0.15) is 18.3 Å². The second-order valence-electron chi connectivity index (χ2n) is 8.56. The van der Waals surface area contributed by atoms with Gasteiger partial charge >= 0.3 is 6.18 Å². The summed E-state index contributed by atoms with van der Waals surface area (Å²) in [4.78, 5) is 20.1. The lowest BCUT2D eigenvalue weighted by Gasteiger charge is -2.07. The first kappa shape index (κ1) is 22.5. The Hall–Kier alpha value is -4.92. The lowest BCUT2D eigenvalue weighted by Crippen LogP contribution is -2.04. The molecule has 0 saturated carbocycles. The van der Waals surface area contributed by atoms with Crippen LogP contribution in [0.15, 0.2) is 85.1 Å². The van der Waals surface area contributed by atoms with E-state index in [1.807, 2.05) is 60.7 Å². The molecule has 0 atom stereocenters. The lowest BCUT2D eigenvalue weighted by molar-refractivity contribution is -0.137. The Morgan fingerprint density at radius 1 is 0.811 bits per heavy atom. The average molecular weight is 497 g/mol. The van der Waals surface area contributed by atoms with Gasteiger partial charge in [0.2, 0.25) is 0 Å². The van der Waals surface area contributed by atoms with Crippen LogP contribution in [-0.4, -0.2) is 26.1 Å². The minimum atomic E-state index is -4.45. The molecule has 6 nitrogen and oxygen atoms in total. The number of aromatic nitrogens is 4. The second-order valence-corrected chi connectivity index (χ2v) is 8.56. The molecule has 0 unspecified atom stereocenters. The van der Waals surface area contributed by atoms with Gasteiger partial charge in [-0.25, -0.2) is 4.98 Å². The summed E-state index contributed by atoms with van der Waals surface area (Å²) in [5.41, 5.74) is 4.97. The Labute approximate surface area is 208 Å². The van der Waals surface area contributed by atoms with Crippen LogP contribution in [0.2, 0.25) is 0 Å². The third-order valence-corrected chi connectivity index (χ3v) is 6.13. The van der Waals surface area contributed by atoms with Crippen LogP contribution >= 0.6 is 0 Å². The predicted octanol–water partition coefficient (Wildman–Crippen LogP) is 6.65. The molecular weight excluding hydrogens is 479 g/mol. The van der Waals surface area contributed by atoms with Crippen molar-refractivity contribution in [3.63, 3.8) is 0 Å². The zero-order valence-corrected chi connectivity index (χ0v) is 19.1. The van der Waals surface area contributed by atoms with E-state index in [1.165, 1.54) is 12.1 Å². The number of aromatic amines is 2. The number of amides is 1. The van der Waals surface area contributed by atoms with E-state index in [-0.39, 0.29) is 17.3 Å². The maximum atomic E-state index is 13.1. The molecule has 3 N–H and O–H groups in total. The number of carbonyl (C=O) groups excluding carboxylic acids is 1. The number of H-pyrrole nitrogens is 2. The summed E-state index contributed by atoms with van der Waals surface area (Å²) in [6.07, 6.45) is -0.835. The first-order valence-corrected chi connectivity index (χ1v) is 11.4. The molecule has 0 saturated heterocycles. The summed E-state index contributed by atoms with van der Waals surface area (Å²) in [5, 5.41) is 9.87. The van der Waals surface area contributed by atoms with Gasteiger partial charge in [-0.1, -0.05) is 42.5 Å². The van der Waals surface area contributed by atoms with Gasteiger partial charge in [0, 0.05) is 34.3 Å². The molecule has 9 heteroatoms. The highest BCUT2D eigenvalue weighted by molar-refractivity contribution is 6.35. The molecule has 0 bridgehead atoms. The van der Waals surface area contributed by atoms with Gasteiger partial charge in [0.05, 0.1) is 11.1 Å². The minimum absolute atomic E-state index is 0.167. The molecule has 1 aliphatic rings. The van der Waals surface area contributed by atoms with Crippen molar-refractivity contribution in [1.82, 2.24) is 20.2 Å². The molecule has 182 valence electrons. The fourth-order valence-electron chi connectivity index (χ4n) is 4.31. The third kappa shape index (κ3) is 4.31. The molecule has 0 aliphatic carbocycles. The molecule has 0 spiro atoms. The van der Waals surface area contributed by atoms with Gasteiger partial charge in [0.1, 0.15) is 0 Å². The number of halogens is 3. The second kappa shape index (κ2) is 8.63. The zero-order chi connectivity index (χ0) is 25.6. The largest absolute Gasteiger partial charge is 0.416 e. The van der Waals surface area contributed by atoms with Crippen molar-refractivity contribution in [1.29, 1.82) is 0 Å². The minimum Gasteiger partial charge on any atom is -0.362 e. The third-order valence-electron chi connectivity index (χ3n) is 6.13. The highest BCUT2D eigenvalue weighted by Gasteiger charge is 2.30. The van der Waals surface area contributed by atoms with Crippen molar-refractivity contribution in [2.45, 2.75) is 6.18 Å². The van der Waals surface area contributed by atoms with E-state index in [0.29, 0.717) is 11.4 Å². The summed E-state index contributed by atoms with van der Waals surface area (Å²) in [6.45, 7) is 0. The van der Waals surface area contributed by atoms with Crippen molar-refractivity contribution in [2.75, 3.05) is 5.32 Å². The number of hydrogen-bond acceptors (Lipinski definition) is 3. The smallest absolute Gasteiger partial charge is 0.362 e. The molecule has 37 heavy (non-hydrogen) atoms. The van der Waals surface area contributed by atoms with Crippen molar-refractivity contribution in [3.8, 4) is 33.9 Å². The molecular formula is C28H18F3N5O. The zero-order valence-electron chi connectivity index (χ0n) is 19.1. The Balaban J connectivity index is 1.30. The Morgan fingerprint density at radius 2 is 1.59 bits per heavy atom. The van der Waals surface area contributed by atoms with Crippen LogP contribution in [0.4, 0.5) is 18.9 Å². The highest BCUT2D eigenvalue weighted by Crippen LogP contribution is 2.37. The summed E-state index contributed by atoms with van der Waals surface area (Å²) in [7, 11) is 0. The molecule has 1 aliphatic heterocycles. The molecule has 5 aromatic rings. The Kier molecular flexibility index (Phi) is 5.26. The van der Waals surface area contributed by atoms with Gasteiger partial charge < -0.3 is 10.3 Å². The monoisotopic (exact) mass is 497 g/mol. The molecule has 3 heterocycles. The molecule has 0 fully saturated rings. The molecule has 6 rings (SSSR count). The molecule has 3 aromatic carbocycles. The number of alkyl halides is 3. The van der Waals surface area contributed by atoms with Crippen LogP contribution < -0.4 is 5.32 Å². The fraction of sp³-hybridized carbons (Fsp3) is 0.0357. The number of nitrogens with zero attached hydrogens (tertiary/aromatic N) is 2. The summed E-state index contributed by atoms with van der Waals surface area (Å²) in [6, 6.07) is 22.0. The van der Waals surface area contributed by atoms with Gasteiger partial charge in [-0.05, 0) is 53.6 Å². The number of rotatable bonds is 4. The van der Waals surface area contributed by atoms with E-state index in [9.17, 15) is 18.0 Å². The van der Waals surface area contributed by atoms with Crippen LogP contribution in [0.5, 0.6) is 0 Å². The van der Waals surface area contributed by atoms with E-state index in [1.54, 1.807) is 6.20 Å². The molecule has 2 aromatic heterocycles. The van der Waals surface area contributed by atoms with Crippen LogP contribution in [0, 0.1) is 0 Å². The highest BCUT2D eigenvalue weighted by atomic mass is 19.4. The fourth-order valence-corrected chi connectivity index (χ4v) is 4.31. The number of anilines is 1. The van der Waals surface area contributed by atoms with Crippen LogP contribution in [-0.2, 0) is 11.0 Å². The summed E-state index contributed by atoms with van der Waals surface area (Å²) < 4.78 is 39.3. The topological polar surface area (TPSA) is 86.5 Å². The van der Waals surface area contributed by atoms with E-state index in [0.717, 1.165) is 45.8 Å². The number of benzene rings is 3. The standard InChI is InChI=1S/C28H18F3N5O/c29-28(30,31)20-7-2-6-19(13-20)26-34-25(35-36-26)18-5-1-4-16(12-18)17-9-10-22-23(15-21-8-3-11-32-21)27(37)33-24(22)14-17/h1-15,32H,(H,33,37)(H,34,35,36)/b23-15+. The van der Waals surface area contributed by atoms with Crippen LogP contribution in [0.3, 0.4) is 0 Å². The molecule has 0 radical (unpaired) electrons. The number of carbonyl (C=O) groups is 1. The SMILES string of the molecule is O=C1Nc2cc(-c3cccc(-c4nc(-c5cccc(C(F)(F)F)c5)n[nH]4)c3)ccc2/C1=C\c1ccc[nH]1. The lowest BCUT2D eigenvalue weighted by atomic mass is 9.98. The number of hydrogen-bond donors (Lipinski definition) is 3. The van der Waals surface area contributed by atoms with E-state index < -0.39 is 11.7 Å². The van der Waals surface area contributed by atoms with E-state index in [2.05, 4.69) is 25.5 Å². The van der Waals surface area contributed by atoms with Crippen LogP contribution in [0.25, 0.3) is 45.6 Å². The Morgan fingerprint density at radius 3 is 2.41 bits per heavy atom. The van der Waals surface area contributed by atoms with Crippen molar-refractivity contribution in [2.24, 2.45) is 0 Å². The van der Waals surface area contributed by atoms with Gasteiger partial charge in [0.25, 0.3) is 5.91 Å². The number of nitrogens with one attached hydrogen (secondary N) is 3. The average Bonchev–Trinajstić information content (AvgIpc) is 3.65. The van der Waals surface area contributed by atoms with E-state index in [4.69, 9.17) is 0 Å². The van der Waals surface area contributed by atoms with Gasteiger partial charge in [-0.3, -0.25) is 9.89 Å². The van der Waals surface area contributed by atoms with E-state index >= 15 is 0 Å². The normalized spacial score (nSPS) is 14.1. The van der Waals surface area contributed by atoms with Crippen molar-refractivity contribution in [3.05, 3.63) is 102 Å². The first-order valence-electron chi connectivity index (χ1n) is 11.4. The summed E-state index contributed by atoms with van der Waals surface area (Å²) in [5.74, 6) is 0.437. The maximum absolute atomic E-state index is 13.1. The molecule has 1 amide bonds. The van der Waals surface area contributed by atoms with Gasteiger partial charge in [-0.15, -0.1) is 0 Å².